The summed E-state index contributed by atoms with van der Waals surface area (Å²) in [6.45, 7) is 16.5. The fourth-order valence-electron chi connectivity index (χ4n) is 3.97. The van der Waals surface area contributed by atoms with Crippen LogP contribution in [0, 0.1) is 5.92 Å². The molecule has 8 heteroatoms. The number of alkyl carbamates (subject to hydrolysis) is 1. The maximum Gasteiger partial charge on any atom is 0.408 e. The Bertz CT molecular complexity index is 1120. The zero-order valence-corrected chi connectivity index (χ0v) is 23.7. The minimum absolute atomic E-state index is 0.263. The predicted molar refractivity (Wildman–Crippen MR) is 151 cm³/mol. The molecule has 0 radical (unpaired) electrons. The van der Waals surface area contributed by atoms with Crippen LogP contribution < -0.4 is 15.4 Å². The van der Waals surface area contributed by atoms with E-state index >= 15 is 0 Å². The summed E-state index contributed by atoms with van der Waals surface area (Å²) < 4.78 is 10.6. The first-order chi connectivity index (χ1) is 17.8. The highest BCUT2D eigenvalue weighted by atomic mass is 16.6. The number of hydrogen-bond acceptors (Lipinski definition) is 5. The summed E-state index contributed by atoms with van der Waals surface area (Å²) in [5, 5.41) is 5.66. The van der Waals surface area contributed by atoms with Gasteiger partial charge in [0.1, 0.15) is 23.4 Å². The fourth-order valence-corrected chi connectivity index (χ4v) is 3.97. The van der Waals surface area contributed by atoms with Crippen molar-refractivity contribution in [3.05, 3.63) is 66.2 Å². The van der Waals surface area contributed by atoms with Gasteiger partial charge in [-0.05, 0) is 82.0 Å². The molecule has 0 aliphatic rings. The van der Waals surface area contributed by atoms with Crippen LogP contribution in [0.5, 0.6) is 5.75 Å². The molecule has 2 aromatic rings. The number of ether oxygens (including phenoxy) is 2. The van der Waals surface area contributed by atoms with Gasteiger partial charge in [0.05, 0.1) is 7.11 Å². The molecule has 0 bridgehead atoms. The summed E-state index contributed by atoms with van der Waals surface area (Å²) in [6.07, 6.45) is 0.992. The van der Waals surface area contributed by atoms with Crippen molar-refractivity contribution in [2.75, 3.05) is 12.4 Å². The minimum Gasteiger partial charge on any atom is -0.497 e. The molecule has 206 valence electrons. The van der Waals surface area contributed by atoms with E-state index in [4.69, 9.17) is 9.47 Å². The van der Waals surface area contributed by atoms with E-state index in [0.29, 0.717) is 17.0 Å². The van der Waals surface area contributed by atoms with E-state index in [1.54, 1.807) is 64.3 Å². The summed E-state index contributed by atoms with van der Waals surface area (Å²) >= 11 is 0. The van der Waals surface area contributed by atoms with Gasteiger partial charge in [0.25, 0.3) is 5.91 Å². The molecule has 0 spiro atoms. The topological polar surface area (TPSA) is 97.0 Å². The molecule has 2 atom stereocenters. The highest BCUT2D eigenvalue weighted by molar-refractivity contribution is 5.99. The Morgan fingerprint density at radius 1 is 1.00 bits per heavy atom. The molecule has 8 nitrogen and oxygen atoms in total. The second kappa shape index (κ2) is 13.1. The van der Waals surface area contributed by atoms with Crippen molar-refractivity contribution in [2.24, 2.45) is 5.92 Å². The lowest BCUT2D eigenvalue weighted by Gasteiger charge is -2.38. The first-order valence-corrected chi connectivity index (χ1v) is 12.8. The predicted octanol–water partition coefficient (Wildman–Crippen LogP) is 5.80. The lowest BCUT2D eigenvalue weighted by Crippen LogP contribution is -2.56. The molecule has 0 saturated heterocycles. The van der Waals surface area contributed by atoms with Crippen LogP contribution in [0.2, 0.25) is 0 Å². The first-order valence-electron chi connectivity index (χ1n) is 12.8. The third kappa shape index (κ3) is 8.36. The number of rotatable bonds is 10. The van der Waals surface area contributed by atoms with Gasteiger partial charge in [-0.15, -0.1) is 0 Å². The molecule has 2 N–H and O–H groups in total. The number of methoxy groups -OCH3 is 1. The lowest BCUT2D eigenvalue weighted by molar-refractivity contribution is -0.143. The molecular formula is C30H41N3O5. The van der Waals surface area contributed by atoms with Gasteiger partial charge >= 0.3 is 6.09 Å². The molecule has 0 aliphatic heterocycles. The van der Waals surface area contributed by atoms with Crippen LogP contribution in [-0.2, 0) is 14.3 Å². The van der Waals surface area contributed by atoms with Crippen molar-refractivity contribution >= 4 is 29.7 Å². The van der Waals surface area contributed by atoms with Crippen molar-refractivity contribution in [3.63, 3.8) is 0 Å². The quantitative estimate of drug-likeness (QED) is 0.410. The van der Waals surface area contributed by atoms with Gasteiger partial charge in [0, 0.05) is 11.7 Å². The van der Waals surface area contributed by atoms with Gasteiger partial charge in [-0.2, -0.15) is 0 Å². The Morgan fingerprint density at radius 2 is 1.63 bits per heavy atom. The van der Waals surface area contributed by atoms with Gasteiger partial charge in [0.2, 0.25) is 5.91 Å². The summed E-state index contributed by atoms with van der Waals surface area (Å²) in [5.74, 6) is -0.385. The minimum atomic E-state index is -0.980. The van der Waals surface area contributed by atoms with Crippen molar-refractivity contribution in [1.82, 2.24) is 10.2 Å². The van der Waals surface area contributed by atoms with Crippen LogP contribution in [0.3, 0.4) is 0 Å². The Balaban J connectivity index is 2.53. The van der Waals surface area contributed by atoms with Crippen LogP contribution in [0.1, 0.15) is 65.6 Å². The highest BCUT2D eigenvalue weighted by Gasteiger charge is 2.39. The van der Waals surface area contributed by atoms with E-state index in [0.717, 1.165) is 5.56 Å². The van der Waals surface area contributed by atoms with Gasteiger partial charge in [-0.25, -0.2) is 4.79 Å². The normalized spacial score (nSPS) is 12.9. The van der Waals surface area contributed by atoms with Crippen LogP contribution in [0.25, 0.3) is 6.08 Å². The Kier molecular flexibility index (Phi) is 10.5. The Labute approximate surface area is 226 Å². The number of hydrogen-bond donors (Lipinski definition) is 2. The van der Waals surface area contributed by atoms with E-state index in [-0.39, 0.29) is 17.9 Å². The molecule has 0 saturated carbocycles. The number of nitrogens with zero attached hydrogens (tertiary/aromatic N) is 1. The first kappa shape index (κ1) is 30.4. The third-order valence-corrected chi connectivity index (χ3v) is 5.76. The van der Waals surface area contributed by atoms with Crippen LogP contribution in [-0.4, -0.2) is 47.6 Å². The second-order valence-corrected chi connectivity index (χ2v) is 10.7. The van der Waals surface area contributed by atoms with E-state index in [9.17, 15) is 14.4 Å². The van der Waals surface area contributed by atoms with Crippen molar-refractivity contribution in [1.29, 1.82) is 0 Å². The Hall–Kier alpha value is -3.81. The average Bonchev–Trinajstić information content (AvgIpc) is 2.84. The van der Waals surface area contributed by atoms with E-state index in [1.807, 2.05) is 45.9 Å². The molecule has 0 aliphatic carbocycles. The maximum absolute atomic E-state index is 14.1. The molecule has 2 rings (SSSR count). The lowest BCUT2D eigenvalue weighted by atomic mass is 9.96. The summed E-state index contributed by atoms with van der Waals surface area (Å²) in [7, 11) is 1.57. The molecule has 0 heterocycles. The SMILES string of the molecule is C=Cc1cccc(C(C(=O)Nc2ccc(OC)cc2)N(C(=O)C(NC(=O)OC(C)(C)C)C(C)C)C(C)C)c1. The molecular weight excluding hydrogens is 482 g/mol. The number of carbonyl (C=O) groups excluding carboxylic acids is 3. The fraction of sp³-hybridized carbons (Fsp3) is 0.433. The van der Waals surface area contributed by atoms with E-state index in [2.05, 4.69) is 17.2 Å². The maximum atomic E-state index is 14.1. The monoisotopic (exact) mass is 523 g/mol. The van der Waals surface area contributed by atoms with Crippen molar-refractivity contribution in [3.8, 4) is 5.75 Å². The summed E-state index contributed by atoms with van der Waals surface area (Å²) in [4.78, 5) is 42.1. The van der Waals surface area contributed by atoms with E-state index < -0.39 is 29.7 Å². The standard InChI is InChI=1S/C30H41N3O5/c1-10-21-12-11-13-22(18-21)26(27(34)31-23-14-16-24(37-9)17-15-23)33(20(4)5)28(35)25(19(2)3)32-29(36)38-30(6,7)8/h10-20,25-26H,1H2,2-9H3,(H,31,34)(H,32,36). The molecule has 3 amide bonds. The Morgan fingerprint density at radius 3 is 2.13 bits per heavy atom. The number of anilines is 1. The molecule has 2 aromatic carbocycles. The van der Waals surface area contributed by atoms with Crippen LogP contribution >= 0.6 is 0 Å². The zero-order chi connectivity index (χ0) is 28.6. The van der Waals surface area contributed by atoms with Crippen molar-refractivity contribution in [2.45, 2.75) is 72.2 Å². The number of amides is 3. The highest BCUT2D eigenvalue weighted by Crippen LogP contribution is 2.29. The van der Waals surface area contributed by atoms with Crippen molar-refractivity contribution < 1.29 is 23.9 Å². The third-order valence-electron chi connectivity index (χ3n) is 5.76. The molecule has 38 heavy (non-hydrogen) atoms. The van der Waals surface area contributed by atoms with E-state index in [1.165, 1.54) is 4.90 Å². The van der Waals surface area contributed by atoms with Gasteiger partial charge in [-0.3, -0.25) is 9.59 Å². The average molecular weight is 524 g/mol. The van der Waals surface area contributed by atoms with Crippen LogP contribution in [0.15, 0.2) is 55.1 Å². The number of benzene rings is 2. The molecule has 2 unspecified atom stereocenters. The van der Waals surface area contributed by atoms with Gasteiger partial charge in [-0.1, -0.05) is 44.7 Å². The van der Waals surface area contributed by atoms with Crippen LogP contribution in [0.4, 0.5) is 10.5 Å². The second-order valence-electron chi connectivity index (χ2n) is 10.7. The molecule has 0 aromatic heterocycles. The molecule has 0 fully saturated rings. The van der Waals surface area contributed by atoms with Gasteiger partial charge < -0.3 is 25.0 Å². The summed E-state index contributed by atoms with van der Waals surface area (Å²) in [5.41, 5.74) is 1.27. The number of nitrogens with one attached hydrogen (secondary N) is 2. The smallest absolute Gasteiger partial charge is 0.408 e. The van der Waals surface area contributed by atoms with Gasteiger partial charge in [0.15, 0.2) is 0 Å². The largest absolute Gasteiger partial charge is 0.497 e. The summed E-state index contributed by atoms with van der Waals surface area (Å²) in [6, 6.07) is 12.0. The zero-order valence-electron chi connectivity index (χ0n) is 23.7. The number of carbonyl (C=O) groups is 3.